The van der Waals surface area contributed by atoms with Gasteiger partial charge in [0.25, 0.3) is 11.8 Å². The van der Waals surface area contributed by atoms with Crippen LogP contribution in [0.3, 0.4) is 0 Å². The number of benzene rings is 6. The number of pyridine rings is 4. The van der Waals surface area contributed by atoms with E-state index < -0.39 is 35.7 Å². The lowest BCUT2D eigenvalue weighted by molar-refractivity contribution is -0.697. The molecule has 0 unspecified atom stereocenters. The normalized spacial score (nSPS) is 13.0. The Balaban J connectivity index is 0.000000161. The molecule has 14 aromatic rings. The molecular weight excluding hydrogens is 1820 g/mol. The van der Waals surface area contributed by atoms with Crippen LogP contribution >= 0.6 is 84.8 Å². The number of hydroxylamine groups is 2. The molecule has 0 radical (unpaired) electrons. The molecule has 29 heteroatoms. The van der Waals surface area contributed by atoms with Crippen LogP contribution in [0.4, 0.5) is 11.4 Å². The van der Waals surface area contributed by atoms with E-state index >= 15 is 0 Å². The molecule has 0 aliphatic carbocycles. The van der Waals surface area contributed by atoms with Gasteiger partial charge >= 0.3 is 23.9 Å². The highest BCUT2D eigenvalue weighted by molar-refractivity contribution is 9.09. The summed E-state index contributed by atoms with van der Waals surface area (Å²) in [5.41, 5.74) is 12.7. The second-order valence-corrected chi connectivity index (χ2v) is 36.8. The molecule has 3 aliphatic heterocycles. The van der Waals surface area contributed by atoms with Crippen molar-refractivity contribution in [1.82, 2.24) is 25.0 Å². The minimum Gasteiger partial charge on any atom is -1.00 e. The lowest BCUT2D eigenvalue weighted by Gasteiger charge is -2.13. The standard InChI is InChI=1S/C31H29N4O4S2.C27H25N3O2S2.C16H13N2S2.C11H15NO2.C6H11BrO2.C5H5N.BrH/c1-33-24-11-10-22(31-32-23-7-4-5-8-25(23)41-31)20-26(24)40-29(33)19-21-14-17-34(18-15-21)16-6-2-3-9-30(38)39-35-27(36)12-13-28(35)37;1-29-22-11-10-20(27-28-21-7-4-5-8-23(21)34-27)18-24(22)33-25(29)17-19-12-15-30(16-13-19)14-6-2-3-9-26(31)32;1-10-18(2)13-8-7-11(9-15(13)19-10)16-17-12-5-3-4-6-14(12)20-16;13-11(14)7-3-1-4-8-12-9-5-2-6-10-12;7-5-3-1-2-4-6(8)9;1-2-4-6-5-3-1;/h4-5,7-8,10-11,14-15,17-20H,2-3,6,9,12-13,16H2,1H3;4-5,7-8,10-13,15-18H,2-3,6,9,14H2,1H3;3-9H,1-2H3;2,5-6,9-10H,1,3-4,7-8H2;1-5H2,(H,8,9);1-5H;1H/q+1;;+1;;;;/p+1. The summed E-state index contributed by atoms with van der Waals surface area (Å²) in [7, 11) is 6.33. The van der Waals surface area contributed by atoms with E-state index in [1.807, 2.05) is 84.4 Å². The largest absolute Gasteiger partial charge is 1.00 e. The number of halogens is 2. The number of rotatable bonds is 29. The van der Waals surface area contributed by atoms with Crippen molar-refractivity contribution in [3.05, 3.63) is 264 Å². The van der Waals surface area contributed by atoms with E-state index in [2.05, 4.69) is 241 Å². The van der Waals surface area contributed by atoms with Crippen molar-refractivity contribution >= 4 is 185 Å². The first-order valence-electron chi connectivity index (χ1n) is 41.4. The van der Waals surface area contributed by atoms with E-state index in [4.69, 9.17) is 35.1 Å². The SMILES string of the molecule is CN1C(=Cc2cc[n+](CCCCCC(=O)O)cc2)Sc2cc(-c3nc4ccccc4s3)ccc21.CN1C(=Cc2cc[n+](CCCCCC(=O)ON3C(=O)CCC3=O)cc2)Sc2cc(-c3nc4ccccc4s3)ccc21.Cc1sc2cc(-c3nc4ccccc4s3)ccc2[n+]1C.O=C(O)CCCCCBr.O=C(O)CCCCC[n+]1ccccc1.[Br-].c1ccncc1. The van der Waals surface area contributed by atoms with Crippen molar-refractivity contribution in [2.45, 2.75) is 152 Å². The second kappa shape index (κ2) is 48.7. The Labute approximate surface area is 771 Å². The molecule has 0 spiro atoms. The average molecular weight is 1920 g/mol. The van der Waals surface area contributed by atoms with E-state index in [0.29, 0.717) is 24.3 Å². The molecule has 17 rings (SSSR count). The van der Waals surface area contributed by atoms with Crippen LogP contribution in [0.5, 0.6) is 0 Å². The minimum atomic E-state index is -0.713. The number of imide groups is 1. The molecule has 3 N–H and O–H groups in total. The number of carboxylic acid groups (broad SMARTS) is 3. The number of anilines is 2. The molecule has 8 aromatic heterocycles. The number of carbonyl (C=O) groups is 6. The van der Waals surface area contributed by atoms with Crippen LogP contribution in [-0.4, -0.2) is 95.4 Å². The molecule has 0 bridgehead atoms. The van der Waals surface area contributed by atoms with Crippen molar-refractivity contribution in [3.8, 4) is 31.7 Å². The van der Waals surface area contributed by atoms with E-state index in [-0.39, 0.29) is 42.7 Å². The zero-order valence-corrected chi connectivity index (χ0v) is 78.1. The molecule has 1 saturated heterocycles. The van der Waals surface area contributed by atoms with Gasteiger partial charge in [0.1, 0.15) is 46.4 Å². The number of amides is 2. The van der Waals surface area contributed by atoms with E-state index in [1.54, 1.807) is 69.9 Å². The van der Waals surface area contributed by atoms with Gasteiger partial charge in [-0.3, -0.25) is 29.0 Å². The van der Waals surface area contributed by atoms with Crippen LogP contribution in [-0.2, 0) is 60.3 Å². The van der Waals surface area contributed by atoms with Gasteiger partial charge in [-0.1, -0.05) is 106 Å². The van der Waals surface area contributed by atoms with Gasteiger partial charge in [-0.15, -0.1) is 39.1 Å². The number of aryl methyl sites for hydroxylation is 5. The molecule has 1 fully saturated rings. The fourth-order valence-electron chi connectivity index (χ4n) is 13.5. The number of unbranched alkanes of at least 4 members (excludes halogenated alkanes) is 8. The molecule has 2 amide bonds. The van der Waals surface area contributed by atoms with E-state index in [1.165, 1.54) is 66.1 Å². The van der Waals surface area contributed by atoms with Crippen molar-refractivity contribution in [2.24, 2.45) is 7.05 Å². The van der Waals surface area contributed by atoms with Crippen LogP contribution in [0.2, 0.25) is 0 Å². The summed E-state index contributed by atoms with van der Waals surface area (Å²) in [6.07, 6.45) is 32.3. The summed E-state index contributed by atoms with van der Waals surface area (Å²) < 4.78 is 13.6. The molecule has 0 saturated carbocycles. The summed E-state index contributed by atoms with van der Waals surface area (Å²) in [6.45, 7) is 4.87. The number of alkyl halides is 1. The Kier molecular flexibility index (Phi) is 36.9. The van der Waals surface area contributed by atoms with Crippen molar-refractivity contribution in [3.63, 3.8) is 0 Å². The molecule has 11 heterocycles. The number of para-hydroxylation sites is 3. The van der Waals surface area contributed by atoms with Gasteiger partial charge in [0, 0.05) is 165 Å². The average Bonchev–Trinajstić information content (AvgIpc) is 1.64. The van der Waals surface area contributed by atoms with Crippen LogP contribution in [0.1, 0.15) is 132 Å². The number of carbonyl (C=O) groups excluding carboxylic acids is 3. The first-order chi connectivity index (χ1) is 60.3. The number of nitrogens with zero attached hydrogens (tertiary/aromatic N) is 11. The molecule has 21 nitrogen and oxygen atoms in total. The number of thioether (sulfide) groups is 2. The summed E-state index contributed by atoms with van der Waals surface area (Å²) in [6, 6.07) is 64.8. The van der Waals surface area contributed by atoms with E-state index in [0.717, 1.165) is 149 Å². The highest BCUT2D eigenvalue weighted by Gasteiger charge is 2.33. The monoisotopic (exact) mass is 1920 g/mol. The van der Waals surface area contributed by atoms with Gasteiger partial charge < -0.3 is 46.9 Å². The smallest absolute Gasteiger partial charge is 0.333 e. The summed E-state index contributed by atoms with van der Waals surface area (Å²) in [5.74, 6) is -3.53. The third-order valence-corrected chi connectivity index (χ3v) is 27.5. The molecular formula is C96H100Br2N11O10S6+3. The molecule has 125 heavy (non-hydrogen) atoms. The predicted octanol–water partition coefficient (Wildman–Crippen LogP) is 18.4. The van der Waals surface area contributed by atoms with Gasteiger partial charge in [0.15, 0.2) is 37.2 Å². The van der Waals surface area contributed by atoms with Gasteiger partial charge in [0.05, 0.1) is 52.1 Å². The number of aliphatic carboxylic acids is 3. The highest BCUT2D eigenvalue weighted by Crippen LogP contribution is 2.49. The summed E-state index contributed by atoms with van der Waals surface area (Å²) in [4.78, 5) is 95.8. The molecule has 0 atom stereocenters. The first kappa shape index (κ1) is 94.9. The number of carboxylic acids is 3. The van der Waals surface area contributed by atoms with Crippen molar-refractivity contribution in [2.75, 3.05) is 29.2 Å². The maximum atomic E-state index is 11.9. The molecule has 3 aliphatic rings. The third-order valence-electron chi connectivity index (χ3n) is 20.3. The zero-order valence-electron chi connectivity index (χ0n) is 70.1. The van der Waals surface area contributed by atoms with Gasteiger partial charge in [-0.05, 0) is 172 Å². The number of hydrogen-bond acceptors (Lipinski definition) is 19. The van der Waals surface area contributed by atoms with Crippen LogP contribution in [0, 0.1) is 6.92 Å². The van der Waals surface area contributed by atoms with Crippen molar-refractivity contribution < 1.29 is 84.2 Å². The quantitative estimate of drug-likeness (QED) is 0.0171. The van der Waals surface area contributed by atoms with Crippen LogP contribution in [0.15, 0.2) is 257 Å². The van der Waals surface area contributed by atoms with Gasteiger partial charge in [0.2, 0.25) is 10.5 Å². The van der Waals surface area contributed by atoms with E-state index in [9.17, 15) is 28.8 Å². The fourth-order valence-corrected chi connectivity index (χ4v) is 20.1. The molecule has 646 valence electrons. The maximum absolute atomic E-state index is 11.9. The number of hydrogen-bond donors (Lipinski definition) is 3. The summed E-state index contributed by atoms with van der Waals surface area (Å²) >= 11 is 13.9. The van der Waals surface area contributed by atoms with Gasteiger partial charge in [-0.2, -0.15) is 4.57 Å². The lowest BCUT2D eigenvalue weighted by atomic mass is 10.2. The predicted molar refractivity (Wildman–Crippen MR) is 503 cm³/mol. The second-order valence-electron chi connectivity index (χ2n) is 29.5. The fraction of sp³-hybridized carbons (Fsp3) is 0.271. The first-order valence-corrected chi connectivity index (χ1v) is 47.4. The van der Waals surface area contributed by atoms with Gasteiger partial charge in [-0.25, -0.2) is 33.4 Å². The maximum Gasteiger partial charge on any atom is 0.333 e. The van der Waals surface area contributed by atoms with Crippen molar-refractivity contribution in [1.29, 1.82) is 0 Å². The zero-order chi connectivity index (χ0) is 87.1. The summed E-state index contributed by atoms with van der Waals surface area (Å²) in [5, 5.41) is 33.8. The Hall–Kier alpha value is -10.8. The Bertz CT molecular complexity index is 5870. The van der Waals surface area contributed by atoms with Crippen LogP contribution in [0.25, 0.3) is 84.7 Å². The number of thiazole rings is 4. The number of fused-ring (bicyclic) bond motifs is 6. The topological polar surface area (TPSA) is 249 Å². The minimum absolute atomic E-state index is 0. The Morgan fingerprint density at radius 3 is 1.24 bits per heavy atom. The Morgan fingerprint density at radius 1 is 0.448 bits per heavy atom. The Morgan fingerprint density at radius 2 is 0.840 bits per heavy atom. The highest BCUT2D eigenvalue weighted by atomic mass is 79.9. The molecule has 6 aromatic carbocycles. The lowest BCUT2D eigenvalue weighted by Crippen LogP contribution is -3.00. The number of aromatic nitrogens is 8. The van der Waals surface area contributed by atoms with Crippen LogP contribution < -0.4 is 45.0 Å². The third kappa shape index (κ3) is 28.4.